The average Bonchev–Trinajstić information content (AvgIpc) is 3.15. The van der Waals surface area contributed by atoms with Crippen LogP contribution < -0.4 is 10.1 Å². The molecule has 1 unspecified atom stereocenters. The van der Waals surface area contributed by atoms with Crippen LogP contribution in [0.3, 0.4) is 0 Å². The van der Waals surface area contributed by atoms with E-state index in [0.29, 0.717) is 30.6 Å². The van der Waals surface area contributed by atoms with Gasteiger partial charge < -0.3 is 14.8 Å². The van der Waals surface area contributed by atoms with Crippen LogP contribution in [0, 0.1) is 13.8 Å². The molecule has 8 heteroatoms. The van der Waals surface area contributed by atoms with E-state index in [9.17, 15) is 0 Å². The van der Waals surface area contributed by atoms with Crippen molar-refractivity contribution in [1.29, 1.82) is 0 Å². The smallest absolute Gasteiger partial charge is 0.278 e. The van der Waals surface area contributed by atoms with Gasteiger partial charge in [-0.25, -0.2) is 14.6 Å². The van der Waals surface area contributed by atoms with Crippen LogP contribution in [-0.2, 0) is 4.74 Å². The van der Waals surface area contributed by atoms with Crippen LogP contribution >= 0.6 is 0 Å². The highest BCUT2D eigenvalue weighted by molar-refractivity contribution is 5.37. The van der Waals surface area contributed by atoms with E-state index in [1.807, 2.05) is 13.0 Å². The Morgan fingerprint density at radius 1 is 1.32 bits per heavy atom. The molecule has 0 aliphatic carbocycles. The summed E-state index contributed by atoms with van der Waals surface area (Å²) in [6, 6.07) is 1.98. The molecule has 0 spiro atoms. The van der Waals surface area contributed by atoms with Crippen LogP contribution in [-0.4, -0.2) is 46.6 Å². The van der Waals surface area contributed by atoms with Gasteiger partial charge in [-0.2, -0.15) is 0 Å². The van der Waals surface area contributed by atoms with Crippen molar-refractivity contribution in [3.8, 4) is 5.88 Å². The summed E-state index contributed by atoms with van der Waals surface area (Å²) < 4.78 is 15.5. The van der Waals surface area contributed by atoms with Crippen LogP contribution in [0.25, 0.3) is 0 Å². The largest absolute Gasteiger partial charge is 0.472 e. The Morgan fingerprint density at radius 2 is 2.23 bits per heavy atom. The van der Waals surface area contributed by atoms with Gasteiger partial charge in [0.05, 0.1) is 18.8 Å². The highest BCUT2D eigenvalue weighted by atomic mass is 16.6. The first-order chi connectivity index (χ1) is 10.7. The minimum Gasteiger partial charge on any atom is -0.472 e. The zero-order valence-corrected chi connectivity index (χ0v) is 12.7. The third kappa shape index (κ3) is 3.51. The molecule has 0 amide bonds. The lowest BCUT2D eigenvalue weighted by Gasteiger charge is -2.11. The van der Waals surface area contributed by atoms with E-state index in [-0.39, 0.29) is 0 Å². The molecular weight excluding hydrogens is 286 g/mol. The van der Waals surface area contributed by atoms with Crippen molar-refractivity contribution in [2.24, 2.45) is 0 Å². The molecule has 3 rings (SSSR count). The lowest BCUT2D eigenvalue weighted by atomic mass is 10.0. The maximum absolute atomic E-state index is 5.47. The molecule has 3 heterocycles. The van der Waals surface area contributed by atoms with Gasteiger partial charge in [-0.05, 0) is 25.4 Å². The Balaban J connectivity index is 1.54. The molecule has 1 N–H and O–H groups in total. The molecule has 0 saturated carbocycles. The second-order valence-corrected chi connectivity index (χ2v) is 5.22. The first kappa shape index (κ1) is 14.7. The fourth-order valence-corrected chi connectivity index (χ4v) is 2.34. The maximum Gasteiger partial charge on any atom is 0.278 e. The van der Waals surface area contributed by atoms with Gasteiger partial charge in [-0.15, -0.1) is 0 Å². The average molecular weight is 305 g/mol. The zero-order chi connectivity index (χ0) is 15.4. The normalized spacial score (nSPS) is 17.6. The predicted molar refractivity (Wildman–Crippen MR) is 78.0 cm³/mol. The monoisotopic (exact) mass is 305 g/mol. The number of aromatic nitrogens is 4. The predicted octanol–water partition coefficient (Wildman–Crippen LogP) is 1.47. The van der Waals surface area contributed by atoms with Gasteiger partial charge in [0.2, 0.25) is 0 Å². The first-order valence-electron chi connectivity index (χ1n) is 7.31. The Hall–Kier alpha value is -2.22. The van der Waals surface area contributed by atoms with Gasteiger partial charge in [0.15, 0.2) is 0 Å². The van der Waals surface area contributed by atoms with Crippen molar-refractivity contribution in [3.63, 3.8) is 0 Å². The number of anilines is 1. The van der Waals surface area contributed by atoms with Crippen LogP contribution in [0.5, 0.6) is 5.88 Å². The standard InChI is InChI=1S/C14H19N5O3/c1-9-14(19-22-18-9)21-6-4-15-13-7-12(16-10(2)17-13)11-3-5-20-8-11/h7,11H,3-6,8H2,1-2H3,(H,15,16,17). The Bertz CT molecular complexity index is 625. The number of aryl methyl sites for hydroxylation is 2. The van der Waals surface area contributed by atoms with Gasteiger partial charge in [-0.1, -0.05) is 5.16 Å². The fourth-order valence-electron chi connectivity index (χ4n) is 2.34. The van der Waals surface area contributed by atoms with Crippen LogP contribution in [0.1, 0.15) is 29.6 Å². The summed E-state index contributed by atoms with van der Waals surface area (Å²) in [6.45, 7) is 6.25. The second-order valence-electron chi connectivity index (χ2n) is 5.22. The van der Waals surface area contributed by atoms with Gasteiger partial charge in [0.25, 0.3) is 5.88 Å². The summed E-state index contributed by atoms with van der Waals surface area (Å²) in [6.07, 6.45) is 1.01. The van der Waals surface area contributed by atoms with Crippen molar-refractivity contribution in [1.82, 2.24) is 20.3 Å². The lowest BCUT2D eigenvalue weighted by Crippen LogP contribution is -2.14. The molecule has 118 valence electrons. The number of rotatable bonds is 6. The van der Waals surface area contributed by atoms with Crippen molar-refractivity contribution in [2.75, 3.05) is 31.7 Å². The number of ether oxygens (including phenoxy) is 2. The molecule has 2 aromatic heterocycles. The highest BCUT2D eigenvalue weighted by Gasteiger charge is 2.20. The Labute approximate surface area is 128 Å². The van der Waals surface area contributed by atoms with Crippen LogP contribution in [0.2, 0.25) is 0 Å². The molecule has 2 aromatic rings. The minimum absolute atomic E-state index is 0.363. The van der Waals surface area contributed by atoms with Gasteiger partial charge >= 0.3 is 0 Å². The first-order valence-corrected chi connectivity index (χ1v) is 7.31. The topological polar surface area (TPSA) is 95.2 Å². The van der Waals surface area contributed by atoms with Gasteiger partial charge in [0, 0.05) is 18.6 Å². The van der Waals surface area contributed by atoms with E-state index in [2.05, 4.69) is 30.2 Å². The van der Waals surface area contributed by atoms with E-state index in [0.717, 1.165) is 37.0 Å². The molecule has 0 radical (unpaired) electrons. The van der Waals surface area contributed by atoms with E-state index in [4.69, 9.17) is 9.47 Å². The fraction of sp³-hybridized carbons (Fsp3) is 0.571. The second kappa shape index (κ2) is 6.69. The molecule has 1 aliphatic rings. The summed E-state index contributed by atoms with van der Waals surface area (Å²) in [5.41, 5.74) is 1.67. The third-order valence-electron chi connectivity index (χ3n) is 3.46. The summed E-state index contributed by atoms with van der Waals surface area (Å²) >= 11 is 0. The zero-order valence-electron chi connectivity index (χ0n) is 12.7. The number of hydrogen-bond donors (Lipinski definition) is 1. The number of nitrogens with one attached hydrogen (secondary N) is 1. The Kier molecular flexibility index (Phi) is 4.47. The van der Waals surface area contributed by atoms with E-state index >= 15 is 0 Å². The quantitative estimate of drug-likeness (QED) is 0.802. The maximum atomic E-state index is 5.47. The van der Waals surface area contributed by atoms with Gasteiger partial charge in [-0.3, -0.25) is 0 Å². The van der Waals surface area contributed by atoms with Crippen molar-refractivity contribution in [3.05, 3.63) is 23.3 Å². The number of nitrogens with zero attached hydrogens (tertiary/aromatic N) is 4. The van der Waals surface area contributed by atoms with Crippen LogP contribution in [0.4, 0.5) is 5.82 Å². The molecule has 0 aromatic carbocycles. The van der Waals surface area contributed by atoms with Crippen LogP contribution in [0.15, 0.2) is 10.7 Å². The molecule has 1 saturated heterocycles. The lowest BCUT2D eigenvalue weighted by molar-refractivity contribution is 0.193. The number of hydrogen-bond acceptors (Lipinski definition) is 8. The third-order valence-corrected chi connectivity index (χ3v) is 3.46. The molecule has 1 atom stereocenters. The van der Waals surface area contributed by atoms with Crippen molar-refractivity contribution in [2.45, 2.75) is 26.2 Å². The summed E-state index contributed by atoms with van der Waals surface area (Å²) in [5.74, 6) is 2.34. The van der Waals surface area contributed by atoms with Gasteiger partial charge in [0.1, 0.15) is 23.9 Å². The van der Waals surface area contributed by atoms with Crippen molar-refractivity contribution >= 4 is 5.82 Å². The molecule has 22 heavy (non-hydrogen) atoms. The molecule has 8 nitrogen and oxygen atoms in total. The summed E-state index contributed by atoms with van der Waals surface area (Å²) in [5, 5.41) is 10.6. The Morgan fingerprint density at radius 3 is 2.95 bits per heavy atom. The molecular formula is C14H19N5O3. The van der Waals surface area contributed by atoms with E-state index < -0.39 is 0 Å². The van der Waals surface area contributed by atoms with E-state index in [1.165, 1.54) is 0 Å². The molecule has 0 bridgehead atoms. The van der Waals surface area contributed by atoms with Crippen molar-refractivity contribution < 1.29 is 14.1 Å². The molecule has 1 aliphatic heterocycles. The minimum atomic E-state index is 0.363. The summed E-state index contributed by atoms with van der Waals surface area (Å²) in [7, 11) is 0. The van der Waals surface area contributed by atoms with E-state index in [1.54, 1.807) is 6.92 Å². The SMILES string of the molecule is Cc1nc(NCCOc2nonc2C)cc(C2CCOC2)n1. The highest BCUT2D eigenvalue weighted by Crippen LogP contribution is 2.24. The molecule has 1 fully saturated rings. The summed E-state index contributed by atoms with van der Waals surface area (Å²) in [4.78, 5) is 8.90.